The molecule has 3 amide bonds. The molecule has 1 saturated heterocycles. The second kappa shape index (κ2) is 8.30. The Morgan fingerprint density at radius 2 is 1.90 bits per heavy atom. The van der Waals surface area contributed by atoms with E-state index >= 15 is 0 Å². The maximum atomic E-state index is 13.0. The van der Waals surface area contributed by atoms with Crippen molar-refractivity contribution < 1.29 is 23.8 Å². The number of hydrogen-bond acceptors (Lipinski definition) is 4. The number of halogens is 1. The van der Waals surface area contributed by atoms with Gasteiger partial charge in [0, 0.05) is 0 Å². The van der Waals surface area contributed by atoms with Crippen LogP contribution in [0.1, 0.15) is 52.9 Å². The molecule has 160 valence electrons. The van der Waals surface area contributed by atoms with E-state index in [1.54, 1.807) is 0 Å². The molecular weight excluding hydrogens is 375 g/mol. The predicted octanol–water partition coefficient (Wildman–Crippen LogP) is 3.48. The third-order valence-electron chi connectivity index (χ3n) is 6.75. The zero-order chi connectivity index (χ0) is 21.2. The monoisotopic (exact) mass is 406 g/mol. The first-order valence-electron chi connectivity index (χ1n) is 10.4. The minimum Gasteiger partial charge on any atom is -0.491 e. The Kier molecular flexibility index (Phi) is 6.17. The quantitative estimate of drug-likeness (QED) is 0.680. The number of rotatable bonds is 7. The van der Waals surface area contributed by atoms with Crippen molar-refractivity contribution in [1.29, 1.82) is 0 Å². The smallest absolute Gasteiger partial charge is 0.325 e. The summed E-state index contributed by atoms with van der Waals surface area (Å²) in [6, 6.07) is 4.99. The number of nitrogens with one attached hydrogen (secondary N) is 1. The summed E-state index contributed by atoms with van der Waals surface area (Å²) in [4.78, 5) is 26.6. The van der Waals surface area contributed by atoms with Gasteiger partial charge in [0.25, 0.3) is 5.91 Å². The minimum absolute atomic E-state index is 0.0948. The van der Waals surface area contributed by atoms with Crippen LogP contribution in [0.25, 0.3) is 0 Å². The van der Waals surface area contributed by atoms with Crippen LogP contribution in [0.4, 0.5) is 9.18 Å². The molecule has 1 atom stereocenters. The number of aliphatic hydroxyl groups is 1. The van der Waals surface area contributed by atoms with Crippen LogP contribution in [0.15, 0.2) is 24.3 Å². The lowest BCUT2D eigenvalue weighted by atomic mass is 9.65. The fraction of sp³-hybridized carbons (Fsp3) is 0.636. The van der Waals surface area contributed by atoms with Gasteiger partial charge in [0.2, 0.25) is 0 Å². The molecular formula is C22H31FN2O4. The fourth-order valence-corrected chi connectivity index (χ4v) is 4.35. The minimum atomic E-state index is -1.03. The number of urea groups is 1. The molecule has 2 N–H and O–H groups in total. The molecule has 3 rings (SSSR count). The van der Waals surface area contributed by atoms with Crippen molar-refractivity contribution in [2.75, 3.05) is 13.2 Å². The van der Waals surface area contributed by atoms with Gasteiger partial charge in [-0.2, -0.15) is 0 Å². The Bertz CT molecular complexity index is 742. The Balaban J connectivity index is 1.56. The van der Waals surface area contributed by atoms with Gasteiger partial charge in [-0.1, -0.05) is 27.2 Å². The molecule has 1 unspecified atom stereocenters. The van der Waals surface area contributed by atoms with Crippen LogP contribution < -0.4 is 10.1 Å². The first-order chi connectivity index (χ1) is 13.7. The Morgan fingerprint density at radius 1 is 1.28 bits per heavy atom. The van der Waals surface area contributed by atoms with Gasteiger partial charge in [-0.3, -0.25) is 9.69 Å². The zero-order valence-corrected chi connectivity index (χ0v) is 17.4. The number of imide groups is 1. The summed E-state index contributed by atoms with van der Waals surface area (Å²) in [5.74, 6) is 0.318. The van der Waals surface area contributed by atoms with Crippen LogP contribution in [-0.4, -0.2) is 46.7 Å². The number of amides is 3. The Labute approximate surface area is 171 Å². The highest BCUT2D eigenvalue weighted by Crippen LogP contribution is 2.45. The number of carbonyl (C=O) groups is 2. The molecule has 1 spiro atoms. The standard InChI is InChI=1S/C22H31FN2O4/c1-4-21(2,3)15-9-11-22(12-10-15)19(27)25(20(28)24-22)13-17(26)14-29-18-7-5-16(23)6-8-18/h5-8,15,17,26H,4,9-14H2,1-3H3,(H,24,28). The third kappa shape index (κ3) is 4.55. The second-order valence-electron chi connectivity index (χ2n) is 8.96. The van der Waals surface area contributed by atoms with Crippen molar-refractivity contribution >= 4 is 11.9 Å². The van der Waals surface area contributed by atoms with Gasteiger partial charge in [0.15, 0.2) is 0 Å². The van der Waals surface area contributed by atoms with E-state index in [1.165, 1.54) is 24.3 Å². The number of hydrogen-bond donors (Lipinski definition) is 2. The van der Waals surface area contributed by atoms with Crippen LogP contribution in [0.3, 0.4) is 0 Å². The lowest BCUT2D eigenvalue weighted by Crippen LogP contribution is -2.51. The van der Waals surface area contributed by atoms with Crippen LogP contribution in [0.2, 0.25) is 0 Å². The van der Waals surface area contributed by atoms with Gasteiger partial charge >= 0.3 is 6.03 Å². The summed E-state index contributed by atoms with van der Waals surface area (Å²) in [6.07, 6.45) is 3.11. The highest BCUT2D eigenvalue weighted by Gasteiger charge is 2.53. The van der Waals surface area contributed by atoms with Gasteiger partial charge in [-0.05, 0) is 61.3 Å². The van der Waals surface area contributed by atoms with Gasteiger partial charge < -0.3 is 15.2 Å². The van der Waals surface area contributed by atoms with Crippen LogP contribution in [0.5, 0.6) is 5.75 Å². The summed E-state index contributed by atoms with van der Waals surface area (Å²) in [5.41, 5.74) is -0.615. The van der Waals surface area contributed by atoms with Crippen LogP contribution >= 0.6 is 0 Å². The third-order valence-corrected chi connectivity index (χ3v) is 6.75. The molecule has 1 aliphatic heterocycles. The summed E-state index contributed by atoms with van der Waals surface area (Å²) >= 11 is 0. The Hall–Kier alpha value is -2.15. The first kappa shape index (κ1) is 21.6. The van der Waals surface area contributed by atoms with E-state index in [0.29, 0.717) is 24.5 Å². The van der Waals surface area contributed by atoms with Gasteiger partial charge in [0.1, 0.15) is 29.8 Å². The highest BCUT2D eigenvalue weighted by atomic mass is 19.1. The molecule has 6 nitrogen and oxygen atoms in total. The molecule has 7 heteroatoms. The molecule has 0 bridgehead atoms. The average molecular weight is 406 g/mol. The summed E-state index contributed by atoms with van der Waals surface area (Å²) in [7, 11) is 0. The molecule has 1 aromatic carbocycles. The number of nitrogens with zero attached hydrogens (tertiary/aromatic N) is 1. The van der Waals surface area contributed by atoms with Crippen molar-refractivity contribution in [3.63, 3.8) is 0 Å². The van der Waals surface area contributed by atoms with E-state index in [4.69, 9.17) is 4.74 Å². The molecule has 1 aromatic rings. The topological polar surface area (TPSA) is 78.9 Å². The van der Waals surface area contributed by atoms with Gasteiger partial charge in [0.05, 0.1) is 6.54 Å². The lowest BCUT2D eigenvalue weighted by molar-refractivity contribution is -0.134. The molecule has 2 fully saturated rings. The summed E-state index contributed by atoms with van der Waals surface area (Å²) in [6.45, 7) is 6.48. The Morgan fingerprint density at radius 3 is 2.48 bits per heavy atom. The van der Waals surface area contributed by atoms with E-state index in [9.17, 15) is 19.1 Å². The SMILES string of the molecule is CCC(C)(C)C1CCC2(CC1)NC(=O)N(CC(O)COc1ccc(F)cc1)C2=O. The molecule has 1 saturated carbocycles. The average Bonchev–Trinajstić information content (AvgIpc) is 2.92. The maximum absolute atomic E-state index is 13.0. The molecule has 0 radical (unpaired) electrons. The van der Waals surface area contributed by atoms with Crippen molar-refractivity contribution in [3.8, 4) is 5.75 Å². The largest absolute Gasteiger partial charge is 0.491 e. The van der Waals surface area contributed by atoms with Crippen LogP contribution in [0, 0.1) is 17.2 Å². The van der Waals surface area contributed by atoms with E-state index in [2.05, 4.69) is 26.1 Å². The van der Waals surface area contributed by atoms with Crippen LogP contribution in [-0.2, 0) is 4.79 Å². The summed E-state index contributed by atoms with van der Waals surface area (Å²) < 4.78 is 18.4. The van der Waals surface area contributed by atoms with Crippen molar-refractivity contribution in [2.24, 2.45) is 11.3 Å². The van der Waals surface area contributed by atoms with E-state index < -0.39 is 17.7 Å². The highest BCUT2D eigenvalue weighted by molar-refractivity contribution is 6.07. The molecule has 1 aliphatic carbocycles. The zero-order valence-electron chi connectivity index (χ0n) is 17.4. The molecule has 0 aromatic heterocycles. The molecule has 1 heterocycles. The number of carbonyl (C=O) groups excluding carboxylic acids is 2. The number of aliphatic hydroxyl groups excluding tert-OH is 1. The lowest BCUT2D eigenvalue weighted by Gasteiger charge is -2.42. The van der Waals surface area contributed by atoms with Crippen molar-refractivity contribution in [3.05, 3.63) is 30.1 Å². The summed E-state index contributed by atoms with van der Waals surface area (Å²) in [5, 5.41) is 13.1. The van der Waals surface area contributed by atoms with E-state index in [-0.39, 0.29) is 30.3 Å². The van der Waals surface area contributed by atoms with E-state index in [0.717, 1.165) is 24.2 Å². The number of benzene rings is 1. The molecule has 29 heavy (non-hydrogen) atoms. The van der Waals surface area contributed by atoms with Crippen molar-refractivity contribution in [1.82, 2.24) is 10.2 Å². The van der Waals surface area contributed by atoms with E-state index in [1.807, 2.05) is 0 Å². The second-order valence-corrected chi connectivity index (χ2v) is 8.96. The van der Waals surface area contributed by atoms with Gasteiger partial charge in [-0.15, -0.1) is 0 Å². The van der Waals surface area contributed by atoms with Gasteiger partial charge in [-0.25, -0.2) is 9.18 Å². The number of ether oxygens (including phenoxy) is 1. The first-order valence-corrected chi connectivity index (χ1v) is 10.4. The normalized spacial score (nSPS) is 26.0. The maximum Gasteiger partial charge on any atom is 0.325 e. The predicted molar refractivity (Wildman–Crippen MR) is 107 cm³/mol. The van der Waals surface area contributed by atoms with Crippen molar-refractivity contribution in [2.45, 2.75) is 64.5 Å². The number of β-amino-alcohol motifs (C(OH)–C–C–N with tert-alkyl or cyclic N) is 1. The molecule has 2 aliphatic rings. The fourth-order valence-electron chi connectivity index (χ4n) is 4.35.